The Hall–Kier alpha value is -0.770. The molecule has 2 fully saturated rings. The Morgan fingerprint density at radius 3 is 2.56 bits per heavy atom. The highest BCUT2D eigenvalue weighted by atomic mass is 16.5. The Bertz CT molecular complexity index is 219. The summed E-state index contributed by atoms with van der Waals surface area (Å²) in [6.07, 6.45) is 7.27. The minimum atomic E-state index is 0.0948. The third kappa shape index (κ3) is 3.37. The average Bonchev–Trinajstić information content (AvgIpc) is 2.66. The maximum absolute atomic E-state index is 11.9. The molecular weight excluding hydrogens is 204 g/mol. The Morgan fingerprint density at radius 1 is 1.19 bits per heavy atom. The van der Waals surface area contributed by atoms with E-state index < -0.39 is 0 Å². The van der Waals surface area contributed by atoms with Gasteiger partial charge in [-0.25, -0.2) is 4.79 Å². The van der Waals surface area contributed by atoms with Gasteiger partial charge in [0.2, 0.25) is 0 Å². The highest BCUT2D eigenvalue weighted by molar-refractivity contribution is 5.74. The second-order valence-electron chi connectivity index (χ2n) is 4.72. The highest BCUT2D eigenvalue weighted by Gasteiger charge is 2.19. The lowest BCUT2D eigenvalue weighted by Gasteiger charge is -2.21. The molecule has 92 valence electrons. The third-order valence-corrected chi connectivity index (χ3v) is 3.40. The first kappa shape index (κ1) is 11.7. The molecule has 0 bridgehead atoms. The maximum Gasteiger partial charge on any atom is 0.317 e. The Morgan fingerprint density at radius 2 is 1.94 bits per heavy atom. The number of carbonyl (C=O) groups excluding carboxylic acids is 1. The number of carbonyl (C=O) groups is 1. The molecule has 16 heavy (non-hydrogen) atoms. The summed E-state index contributed by atoms with van der Waals surface area (Å²) in [6, 6.07) is 0.0948. The zero-order valence-electron chi connectivity index (χ0n) is 9.91. The number of nitrogens with zero attached hydrogens (tertiary/aromatic N) is 1. The predicted molar refractivity (Wildman–Crippen MR) is 62.4 cm³/mol. The Kier molecular flexibility index (Phi) is 4.45. The second kappa shape index (κ2) is 6.09. The van der Waals surface area contributed by atoms with E-state index in [-0.39, 0.29) is 12.1 Å². The van der Waals surface area contributed by atoms with Crippen LogP contribution in [-0.4, -0.2) is 43.3 Å². The van der Waals surface area contributed by atoms with Gasteiger partial charge in [-0.15, -0.1) is 0 Å². The molecule has 0 aromatic rings. The van der Waals surface area contributed by atoms with Crippen LogP contribution in [0.1, 0.15) is 38.5 Å². The van der Waals surface area contributed by atoms with Gasteiger partial charge in [-0.05, 0) is 25.7 Å². The van der Waals surface area contributed by atoms with Crippen molar-refractivity contribution in [3.8, 4) is 0 Å². The van der Waals surface area contributed by atoms with Gasteiger partial charge in [0.15, 0.2) is 0 Å². The molecule has 2 saturated heterocycles. The monoisotopic (exact) mass is 226 g/mol. The van der Waals surface area contributed by atoms with Crippen molar-refractivity contribution in [2.75, 3.05) is 26.2 Å². The van der Waals surface area contributed by atoms with Crippen LogP contribution in [0, 0.1) is 0 Å². The van der Waals surface area contributed by atoms with E-state index in [9.17, 15) is 4.79 Å². The van der Waals surface area contributed by atoms with Crippen LogP contribution in [0.4, 0.5) is 4.79 Å². The summed E-state index contributed by atoms with van der Waals surface area (Å²) in [4.78, 5) is 13.8. The van der Waals surface area contributed by atoms with Gasteiger partial charge >= 0.3 is 6.03 Å². The zero-order valence-corrected chi connectivity index (χ0v) is 9.91. The smallest absolute Gasteiger partial charge is 0.317 e. The standard InChI is InChI=1S/C12H22N2O2/c15-12(13-10-11-6-5-9-16-11)14-7-3-1-2-4-8-14/h11H,1-10H2,(H,13,15). The van der Waals surface area contributed by atoms with Crippen molar-refractivity contribution in [1.29, 1.82) is 0 Å². The maximum atomic E-state index is 11.9. The topological polar surface area (TPSA) is 41.6 Å². The van der Waals surface area contributed by atoms with Gasteiger partial charge in [-0.2, -0.15) is 0 Å². The molecule has 2 rings (SSSR count). The molecule has 0 aliphatic carbocycles. The van der Waals surface area contributed by atoms with Gasteiger partial charge in [0.05, 0.1) is 6.10 Å². The van der Waals surface area contributed by atoms with E-state index in [2.05, 4.69) is 5.32 Å². The van der Waals surface area contributed by atoms with Crippen LogP contribution in [0.25, 0.3) is 0 Å². The van der Waals surface area contributed by atoms with Gasteiger partial charge in [0.1, 0.15) is 0 Å². The van der Waals surface area contributed by atoms with Gasteiger partial charge < -0.3 is 15.0 Å². The molecule has 1 unspecified atom stereocenters. The summed E-state index contributed by atoms with van der Waals surface area (Å²) in [6.45, 7) is 3.36. The minimum Gasteiger partial charge on any atom is -0.376 e. The number of hydrogen-bond acceptors (Lipinski definition) is 2. The van der Waals surface area contributed by atoms with E-state index in [1.165, 1.54) is 12.8 Å². The molecular formula is C12H22N2O2. The molecule has 0 aromatic carbocycles. The van der Waals surface area contributed by atoms with Crippen LogP contribution in [0.2, 0.25) is 0 Å². The van der Waals surface area contributed by atoms with Gasteiger partial charge in [-0.1, -0.05) is 12.8 Å². The van der Waals surface area contributed by atoms with E-state index in [0.717, 1.165) is 45.4 Å². The van der Waals surface area contributed by atoms with Crippen molar-refractivity contribution in [1.82, 2.24) is 10.2 Å². The minimum absolute atomic E-state index is 0.0948. The van der Waals surface area contributed by atoms with E-state index in [1.54, 1.807) is 0 Å². The summed E-state index contributed by atoms with van der Waals surface area (Å²) in [5.74, 6) is 0. The fraction of sp³-hybridized carbons (Fsp3) is 0.917. The summed E-state index contributed by atoms with van der Waals surface area (Å²) < 4.78 is 5.48. The van der Waals surface area contributed by atoms with Crippen LogP contribution in [0.3, 0.4) is 0 Å². The average molecular weight is 226 g/mol. The van der Waals surface area contributed by atoms with Crippen molar-refractivity contribution < 1.29 is 9.53 Å². The molecule has 2 aliphatic heterocycles. The van der Waals surface area contributed by atoms with Crippen LogP contribution in [0.5, 0.6) is 0 Å². The summed E-state index contributed by atoms with van der Waals surface area (Å²) in [5.41, 5.74) is 0. The van der Waals surface area contributed by atoms with Gasteiger partial charge in [-0.3, -0.25) is 0 Å². The largest absolute Gasteiger partial charge is 0.376 e. The lowest BCUT2D eigenvalue weighted by atomic mass is 10.2. The fourth-order valence-electron chi connectivity index (χ4n) is 2.39. The quantitative estimate of drug-likeness (QED) is 0.779. The number of nitrogens with one attached hydrogen (secondary N) is 1. The zero-order chi connectivity index (χ0) is 11.2. The lowest BCUT2D eigenvalue weighted by molar-refractivity contribution is 0.109. The van der Waals surface area contributed by atoms with Crippen LogP contribution < -0.4 is 5.32 Å². The summed E-state index contributed by atoms with van der Waals surface area (Å²) in [7, 11) is 0. The normalized spacial score (nSPS) is 26.5. The van der Waals surface area contributed by atoms with Crippen LogP contribution in [0.15, 0.2) is 0 Å². The number of urea groups is 1. The molecule has 0 saturated carbocycles. The number of amides is 2. The number of rotatable bonds is 2. The molecule has 4 nitrogen and oxygen atoms in total. The molecule has 1 atom stereocenters. The fourth-order valence-corrected chi connectivity index (χ4v) is 2.39. The molecule has 0 spiro atoms. The molecule has 0 radical (unpaired) electrons. The second-order valence-corrected chi connectivity index (χ2v) is 4.72. The number of ether oxygens (including phenoxy) is 1. The van der Waals surface area contributed by atoms with E-state index in [1.807, 2.05) is 4.90 Å². The van der Waals surface area contributed by atoms with E-state index >= 15 is 0 Å². The molecule has 1 N–H and O–H groups in total. The molecule has 4 heteroatoms. The van der Waals surface area contributed by atoms with E-state index in [0.29, 0.717) is 6.54 Å². The van der Waals surface area contributed by atoms with E-state index in [4.69, 9.17) is 4.74 Å². The molecule has 2 aliphatic rings. The lowest BCUT2D eigenvalue weighted by Crippen LogP contribution is -2.43. The predicted octanol–water partition coefficient (Wildman–Crippen LogP) is 1.75. The third-order valence-electron chi connectivity index (χ3n) is 3.40. The number of likely N-dealkylation sites (tertiary alicyclic amines) is 1. The first-order chi connectivity index (χ1) is 7.86. The van der Waals surface area contributed by atoms with Crippen LogP contribution in [-0.2, 0) is 4.74 Å². The molecule has 2 heterocycles. The first-order valence-electron chi connectivity index (χ1n) is 6.50. The Balaban J connectivity index is 1.69. The van der Waals surface area contributed by atoms with Crippen molar-refractivity contribution in [3.05, 3.63) is 0 Å². The highest BCUT2D eigenvalue weighted by Crippen LogP contribution is 2.12. The van der Waals surface area contributed by atoms with Crippen LogP contribution >= 0.6 is 0 Å². The summed E-state index contributed by atoms with van der Waals surface area (Å²) >= 11 is 0. The summed E-state index contributed by atoms with van der Waals surface area (Å²) in [5, 5.41) is 2.98. The first-order valence-corrected chi connectivity index (χ1v) is 6.50. The van der Waals surface area contributed by atoms with Gasteiger partial charge in [0, 0.05) is 26.2 Å². The van der Waals surface area contributed by atoms with Crippen molar-refractivity contribution in [2.24, 2.45) is 0 Å². The van der Waals surface area contributed by atoms with Crippen molar-refractivity contribution >= 4 is 6.03 Å². The van der Waals surface area contributed by atoms with Gasteiger partial charge in [0.25, 0.3) is 0 Å². The molecule has 2 amide bonds. The number of hydrogen-bond donors (Lipinski definition) is 1. The SMILES string of the molecule is O=C(NCC1CCCO1)N1CCCCCC1. The van der Waals surface area contributed by atoms with Crippen molar-refractivity contribution in [2.45, 2.75) is 44.6 Å². The van der Waals surface area contributed by atoms with Crippen molar-refractivity contribution in [3.63, 3.8) is 0 Å². The molecule has 0 aromatic heterocycles. The Labute approximate surface area is 97.3 Å².